The Bertz CT molecular complexity index is 246. The van der Waals surface area contributed by atoms with Crippen LogP contribution in [0.4, 0.5) is 0 Å². The Morgan fingerprint density at radius 1 is 1.43 bits per heavy atom. The van der Waals surface area contributed by atoms with Crippen LogP contribution < -0.4 is 5.32 Å². The highest BCUT2D eigenvalue weighted by Crippen LogP contribution is 2.27. The third kappa shape index (κ3) is 1.50. The molecule has 2 fully saturated rings. The van der Waals surface area contributed by atoms with Crippen LogP contribution in [0.2, 0.25) is 0 Å². The Kier molecular flexibility index (Phi) is 2.44. The molecule has 3 N–H and O–H groups in total. The second-order valence-corrected chi connectivity index (χ2v) is 3.58. The Hall–Kier alpha value is -0.690. The molecule has 2 rings (SSSR count). The van der Waals surface area contributed by atoms with E-state index in [4.69, 9.17) is 9.47 Å². The van der Waals surface area contributed by atoms with Gasteiger partial charge in [0.25, 0.3) is 0 Å². The number of aliphatic hydroxyl groups is 2. The van der Waals surface area contributed by atoms with Crippen molar-refractivity contribution in [2.75, 3.05) is 6.61 Å². The summed E-state index contributed by atoms with van der Waals surface area (Å²) in [4.78, 5) is 10.8. The summed E-state index contributed by atoms with van der Waals surface area (Å²) in [7, 11) is 0. The third-order valence-electron chi connectivity index (χ3n) is 2.50. The van der Waals surface area contributed by atoms with Crippen molar-refractivity contribution in [2.45, 2.75) is 37.6 Å². The van der Waals surface area contributed by atoms with Crippen LogP contribution >= 0.6 is 0 Å². The van der Waals surface area contributed by atoms with Gasteiger partial charge < -0.3 is 25.0 Å². The number of nitrogens with one attached hydrogen (secondary N) is 1. The van der Waals surface area contributed by atoms with Crippen LogP contribution in [0.15, 0.2) is 0 Å². The summed E-state index contributed by atoms with van der Waals surface area (Å²) in [6.45, 7) is 1.58. The summed E-state index contributed by atoms with van der Waals surface area (Å²) in [5, 5.41) is 21.7. The predicted octanol–water partition coefficient (Wildman–Crippen LogP) is -2.03. The molecule has 2 saturated heterocycles. The van der Waals surface area contributed by atoms with Gasteiger partial charge in [0.05, 0.1) is 6.61 Å². The quantitative estimate of drug-likeness (QED) is 0.457. The van der Waals surface area contributed by atoms with E-state index >= 15 is 0 Å². The van der Waals surface area contributed by atoms with Gasteiger partial charge in [-0.25, -0.2) is 0 Å². The largest absolute Gasteiger partial charge is 0.388 e. The summed E-state index contributed by atoms with van der Waals surface area (Å²) in [6, 6.07) is -0.693. The molecule has 2 heterocycles. The van der Waals surface area contributed by atoms with Crippen LogP contribution in [-0.2, 0) is 14.3 Å². The van der Waals surface area contributed by atoms with Gasteiger partial charge in [-0.05, 0) is 0 Å². The van der Waals surface area contributed by atoms with Crippen molar-refractivity contribution in [3.05, 3.63) is 0 Å². The number of hydrogen-bond acceptors (Lipinski definition) is 5. The standard InChI is InChI=1S/C8H13NO5/c1-3(10)9-5-7(12)6(11)4-2-13-8(5)14-4/h4-8,11-12H,2H2,1H3,(H,9,10)/t4-,5-,6+,7-,8-/m0/s1. The van der Waals surface area contributed by atoms with E-state index in [1.807, 2.05) is 0 Å². The van der Waals surface area contributed by atoms with Crippen molar-refractivity contribution in [3.8, 4) is 0 Å². The number of fused-ring (bicyclic) bond motifs is 2. The lowest BCUT2D eigenvalue weighted by molar-refractivity contribution is -0.186. The van der Waals surface area contributed by atoms with E-state index in [9.17, 15) is 15.0 Å². The van der Waals surface area contributed by atoms with E-state index in [1.54, 1.807) is 0 Å². The van der Waals surface area contributed by atoms with E-state index in [-0.39, 0.29) is 12.5 Å². The third-order valence-corrected chi connectivity index (χ3v) is 2.50. The minimum absolute atomic E-state index is 0.249. The highest BCUT2D eigenvalue weighted by atomic mass is 16.7. The number of aliphatic hydroxyl groups excluding tert-OH is 2. The van der Waals surface area contributed by atoms with Gasteiger partial charge in [-0.1, -0.05) is 0 Å². The molecule has 6 nitrogen and oxygen atoms in total. The zero-order valence-electron chi connectivity index (χ0n) is 7.71. The molecule has 14 heavy (non-hydrogen) atoms. The second-order valence-electron chi connectivity index (χ2n) is 3.58. The number of carbonyl (C=O) groups is 1. The van der Waals surface area contributed by atoms with Gasteiger partial charge in [0, 0.05) is 6.92 Å². The summed E-state index contributed by atoms with van der Waals surface area (Å²) in [5.41, 5.74) is 0. The lowest BCUT2D eigenvalue weighted by Crippen LogP contribution is -2.60. The molecular formula is C8H13NO5. The molecule has 2 aliphatic heterocycles. The first-order valence-corrected chi connectivity index (χ1v) is 4.50. The number of amides is 1. The van der Waals surface area contributed by atoms with Crippen molar-refractivity contribution >= 4 is 5.91 Å². The van der Waals surface area contributed by atoms with Crippen LogP contribution in [0.3, 0.4) is 0 Å². The molecule has 6 heteroatoms. The molecular weight excluding hydrogens is 190 g/mol. The molecule has 0 aliphatic carbocycles. The monoisotopic (exact) mass is 203 g/mol. The summed E-state index contributed by atoms with van der Waals surface area (Å²) >= 11 is 0. The van der Waals surface area contributed by atoms with E-state index in [1.165, 1.54) is 6.92 Å². The summed E-state index contributed by atoms with van der Waals surface area (Å²) < 4.78 is 10.4. The molecule has 0 saturated carbocycles. The van der Waals surface area contributed by atoms with Crippen LogP contribution in [0.5, 0.6) is 0 Å². The first kappa shape index (κ1) is 9.85. The smallest absolute Gasteiger partial charge is 0.217 e. The summed E-state index contributed by atoms with van der Waals surface area (Å²) in [5.74, 6) is -0.293. The van der Waals surface area contributed by atoms with Crippen LogP contribution in [-0.4, -0.2) is 53.4 Å². The zero-order chi connectivity index (χ0) is 10.3. The Labute approximate surface area is 80.8 Å². The molecule has 0 unspecified atom stereocenters. The van der Waals surface area contributed by atoms with E-state index in [0.29, 0.717) is 0 Å². The zero-order valence-corrected chi connectivity index (χ0v) is 7.71. The summed E-state index contributed by atoms with van der Waals surface area (Å²) in [6.07, 6.45) is -3.18. The molecule has 0 spiro atoms. The highest BCUT2D eigenvalue weighted by molar-refractivity contribution is 5.73. The molecule has 0 aromatic carbocycles. The number of rotatable bonds is 1. The molecule has 80 valence electrons. The molecule has 1 amide bonds. The molecule has 0 radical (unpaired) electrons. The van der Waals surface area contributed by atoms with Crippen molar-refractivity contribution in [1.29, 1.82) is 0 Å². The fourth-order valence-corrected chi connectivity index (χ4v) is 1.79. The highest BCUT2D eigenvalue weighted by Gasteiger charge is 2.49. The fourth-order valence-electron chi connectivity index (χ4n) is 1.79. The van der Waals surface area contributed by atoms with Crippen LogP contribution in [0, 0.1) is 0 Å². The normalized spacial score (nSPS) is 46.4. The van der Waals surface area contributed by atoms with Gasteiger partial charge >= 0.3 is 0 Å². The first-order valence-electron chi connectivity index (χ1n) is 4.50. The Morgan fingerprint density at radius 2 is 2.14 bits per heavy atom. The van der Waals surface area contributed by atoms with Crippen LogP contribution in [0.25, 0.3) is 0 Å². The maximum atomic E-state index is 10.8. The fraction of sp³-hybridized carbons (Fsp3) is 0.875. The van der Waals surface area contributed by atoms with Crippen molar-refractivity contribution in [2.24, 2.45) is 0 Å². The molecule has 2 aliphatic rings. The van der Waals surface area contributed by atoms with Gasteiger partial charge in [-0.15, -0.1) is 0 Å². The van der Waals surface area contributed by atoms with Crippen LogP contribution in [0.1, 0.15) is 6.92 Å². The average molecular weight is 203 g/mol. The molecule has 2 bridgehead atoms. The number of hydrogen-bond donors (Lipinski definition) is 3. The Balaban J connectivity index is 2.10. The van der Waals surface area contributed by atoms with Gasteiger partial charge in [0.2, 0.25) is 5.91 Å². The lowest BCUT2D eigenvalue weighted by Gasteiger charge is -2.35. The van der Waals surface area contributed by atoms with Gasteiger partial charge in [-0.2, -0.15) is 0 Å². The van der Waals surface area contributed by atoms with E-state index in [0.717, 1.165) is 0 Å². The lowest BCUT2D eigenvalue weighted by atomic mass is 9.99. The molecule has 5 atom stereocenters. The SMILES string of the molecule is CC(=O)N[C@@H]1[C@H]2OC[C@H](O2)[C@@H](O)[C@H]1O. The molecule has 0 aromatic rings. The number of ether oxygens (including phenoxy) is 2. The second kappa shape index (κ2) is 3.47. The van der Waals surface area contributed by atoms with Crippen molar-refractivity contribution < 1.29 is 24.5 Å². The van der Waals surface area contributed by atoms with Gasteiger partial charge in [-0.3, -0.25) is 4.79 Å². The topological polar surface area (TPSA) is 88.0 Å². The van der Waals surface area contributed by atoms with Gasteiger partial charge in [0.15, 0.2) is 6.29 Å². The van der Waals surface area contributed by atoms with Crippen molar-refractivity contribution in [3.63, 3.8) is 0 Å². The molecule has 0 aromatic heterocycles. The van der Waals surface area contributed by atoms with Gasteiger partial charge in [0.1, 0.15) is 24.4 Å². The van der Waals surface area contributed by atoms with Crippen molar-refractivity contribution in [1.82, 2.24) is 5.32 Å². The number of carbonyl (C=O) groups excluding carboxylic acids is 1. The maximum Gasteiger partial charge on any atom is 0.217 e. The first-order chi connectivity index (χ1) is 6.59. The minimum Gasteiger partial charge on any atom is -0.388 e. The maximum absolute atomic E-state index is 10.8. The Morgan fingerprint density at radius 3 is 2.79 bits per heavy atom. The predicted molar refractivity (Wildman–Crippen MR) is 44.2 cm³/mol. The minimum atomic E-state index is -1.04. The van der Waals surface area contributed by atoms with E-state index in [2.05, 4.69) is 5.32 Å². The van der Waals surface area contributed by atoms with E-state index < -0.39 is 30.6 Å². The average Bonchev–Trinajstić information content (AvgIpc) is 2.55.